The van der Waals surface area contributed by atoms with Gasteiger partial charge in [0.1, 0.15) is 11.6 Å². The normalized spacial score (nSPS) is 10.5. The zero-order valence-corrected chi connectivity index (χ0v) is 38.7. The van der Waals surface area contributed by atoms with Crippen molar-refractivity contribution in [1.82, 2.24) is 29.9 Å². The molecule has 0 aliphatic rings. The van der Waals surface area contributed by atoms with Gasteiger partial charge in [-0.05, 0) is 120 Å². The maximum atomic E-state index is 4.47. The third-order valence-electron chi connectivity index (χ3n) is 8.28. The third-order valence-corrected chi connectivity index (χ3v) is 8.28. The highest BCUT2D eigenvalue weighted by atomic mass is 14.9. The molecular weight excluding hydrogens is 733 g/mol. The van der Waals surface area contributed by atoms with Crippen molar-refractivity contribution in [3.8, 4) is 0 Å². The van der Waals surface area contributed by atoms with Crippen LogP contribution in [0.2, 0.25) is 0 Å². The van der Waals surface area contributed by atoms with Crippen molar-refractivity contribution < 1.29 is 0 Å². The first-order chi connectivity index (χ1) is 26.3. The molecule has 344 valence electrons. The van der Waals surface area contributed by atoms with Crippen molar-refractivity contribution in [2.75, 3.05) is 0 Å². The Morgan fingerprint density at radius 2 is 0.483 bits per heavy atom. The lowest BCUT2D eigenvalue weighted by molar-refractivity contribution is 0.612. The fourth-order valence-corrected chi connectivity index (χ4v) is 6.03. The molecule has 0 atom stereocenters. The van der Waals surface area contributed by atoms with Crippen molar-refractivity contribution in [3.05, 3.63) is 107 Å². The van der Waals surface area contributed by atoms with Crippen LogP contribution in [0.1, 0.15) is 186 Å². The molecule has 0 N–H and O–H groups in total. The van der Waals surface area contributed by atoms with Gasteiger partial charge in [0.15, 0.2) is 0 Å². The summed E-state index contributed by atoms with van der Waals surface area (Å²) in [5.41, 5.74) is 7.63. The zero-order chi connectivity index (χ0) is 42.2. The van der Waals surface area contributed by atoms with Gasteiger partial charge in [0.25, 0.3) is 0 Å². The van der Waals surface area contributed by atoms with E-state index in [1.165, 1.54) is 33.6 Å². The summed E-state index contributed by atoms with van der Waals surface area (Å²) < 4.78 is 0. The summed E-state index contributed by atoms with van der Waals surface area (Å²) in [7, 11) is 0. The molecular formula is C54H98N6. The Morgan fingerprint density at radius 1 is 0.267 bits per heavy atom. The molecule has 0 aromatic carbocycles. The predicted octanol–water partition coefficient (Wildman–Crippen LogP) is 15.2. The molecule has 4 heterocycles. The molecule has 0 amide bonds. The Balaban J connectivity index is -0.000000341. The lowest BCUT2D eigenvalue weighted by Crippen LogP contribution is -2.02. The summed E-state index contributed by atoms with van der Waals surface area (Å²) in [6.07, 6.45) is 20.4. The highest BCUT2D eigenvalue weighted by molar-refractivity contribution is 5.16. The van der Waals surface area contributed by atoms with E-state index < -0.39 is 0 Å². The van der Waals surface area contributed by atoms with Crippen LogP contribution in [0.15, 0.2) is 61.4 Å². The topological polar surface area (TPSA) is 77.3 Å². The minimum atomic E-state index is 0. The zero-order valence-electron chi connectivity index (χ0n) is 38.7. The molecule has 0 aliphatic heterocycles. The van der Waals surface area contributed by atoms with Crippen LogP contribution in [0.5, 0.6) is 0 Å². The van der Waals surface area contributed by atoms with Gasteiger partial charge in [-0.15, -0.1) is 0 Å². The number of hydrogen-bond acceptors (Lipinski definition) is 6. The summed E-state index contributed by atoms with van der Waals surface area (Å²) >= 11 is 0. The van der Waals surface area contributed by atoms with Crippen LogP contribution in [-0.2, 0) is 51.4 Å². The highest BCUT2D eigenvalue weighted by Crippen LogP contribution is 2.12. The van der Waals surface area contributed by atoms with E-state index in [1.54, 1.807) is 0 Å². The lowest BCUT2D eigenvalue weighted by Gasteiger charge is -2.07. The smallest absolute Gasteiger partial charge is 0.128 e. The van der Waals surface area contributed by atoms with Crippen LogP contribution < -0.4 is 0 Å². The first kappa shape index (κ1) is 63.1. The summed E-state index contributed by atoms with van der Waals surface area (Å²) in [5.74, 6) is 7.36. The third kappa shape index (κ3) is 33.2. The number of nitrogens with zero attached hydrogens (tertiary/aromatic N) is 6. The molecule has 0 unspecified atom stereocenters. The first-order valence-corrected chi connectivity index (χ1v) is 21.8. The molecule has 60 heavy (non-hydrogen) atoms. The number of pyridine rings is 2. The molecule has 4 rings (SSSR count). The Labute approximate surface area is 374 Å². The van der Waals surface area contributed by atoms with Crippen LogP contribution in [0.25, 0.3) is 0 Å². The quantitative estimate of drug-likeness (QED) is 0.112. The molecule has 0 spiro atoms. The van der Waals surface area contributed by atoms with E-state index in [0.29, 0.717) is 47.3 Å². The number of hydrogen-bond donors (Lipinski definition) is 0. The van der Waals surface area contributed by atoms with Crippen LogP contribution in [0.3, 0.4) is 0 Å². The monoisotopic (exact) mass is 831 g/mol. The van der Waals surface area contributed by atoms with E-state index >= 15 is 0 Å². The SMILES string of the molecule is C.C.C.C.CC(C)Cc1ccc(CC(C)C)nc1.CC(C)Cc1ccc(CC(C)C)nc1.CC(C)Cc1cnc(CC(C)C)nc1.CC(C)Cc1cnc(CC(C)C)nc1. The second kappa shape index (κ2) is 35.1. The van der Waals surface area contributed by atoms with Crippen LogP contribution in [0, 0.1) is 47.3 Å². The molecule has 6 nitrogen and oxygen atoms in total. The van der Waals surface area contributed by atoms with Crippen molar-refractivity contribution in [2.24, 2.45) is 47.3 Å². The second-order valence-corrected chi connectivity index (χ2v) is 19.1. The minimum absolute atomic E-state index is 0. The lowest BCUT2D eigenvalue weighted by atomic mass is 10.0. The summed E-state index contributed by atoms with van der Waals surface area (Å²) in [5, 5.41) is 0. The maximum absolute atomic E-state index is 4.47. The molecule has 6 heteroatoms. The fourth-order valence-electron chi connectivity index (χ4n) is 6.03. The molecule has 0 radical (unpaired) electrons. The minimum Gasteiger partial charge on any atom is -0.261 e. The van der Waals surface area contributed by atoms with E-state index in [2.05, 4.69) is 165 Å². The molecule has 4 aromatic heterocycles. The van der Waals surface area contributed by atoms with Gasteiger partial charge >= 0.3 is 0 Å². The number of rotatable bonds is 16. The Bertz CT molecular complexity index is 1170. The van der Waals surface area contributed by atoms with Crippen LogP contribution in [0.4, 0.5) is 0 Å². The summed E-state index contributed by atoms with van der Waals surface area (Å²) in [4.78, 5) is 26.4. The highest BCUT2D eigenvalue weighted by Gasteiger charge is 2.05. The largest absolute Gasteiger partial charge is 0.261 e. The van der Waals surface area contributed by atoms with E-state index in [9.17, 15) is 0 Å². The van der Waals surface area contributed by atoms with E-state index in [0.717, 1.165) is 63.0 Å². The van der Waals surface area contributed by atoms with E-state index in [4.69, 9.17) is 0 Å². The summed E-state index contributed by atoms with van der Waals surface area (Å²) in [6.45, 7) is 35.4. The number of aromatic nitrogens is 6. The van der Waals surface area contributed by atoms with Gasteiger partial charge in [0.05, 0.1) is 0 Å². The van der Waals surface area contributed by atoms with Gasteiger partial charge in [0, 0.05) is 61.4 Å². The van der Waals surface area contributed by atoms with Crippen LogP contribution in [-0.4, -0.2) is 29.9 Å². The predicted molar refractivity (Wildman–Crippen MR) is 268 cm³/mol. The Kier molecular flexibility index (Phi) is 36.9. The molecule has 4 aromatic rings. The van der Waals surface area contributed by atoms with Gasteiger partial charge in [-0.25, -0.2) is 19.9 Å². The standard InChI is InChI=1S/2C13H21N.2C12H20N2.4CH4/c2*1-10(2)7-12-5-6-13(14-9-12)8-11(3)4;2*1-9(2)5-11-7-13-12(14-8-11)6-10(3)4;;;;/h2*5-6,9-11H,7-8H2,1-4H3;2*7-10H,5-6H2,1-4H3;4*1H4. The van der Waals surface area contributed by atoms with E-state index in [1.807, 2.05) is 37.2 Å². The maximum Gasteiger partial charge on any atom is 0.128 e. The van der Waals surface area contributed by atoms with Gasteiger partial charge in [-0.2, -0.15) is 0 Å². The van der Waals surface area contributed by atoms with Crippen molar-refractivity contribution >= 4 is 0 Å². The molecule has 0 saturated carbocycles. The fraction of sp³-hybridized carbons (Fsp3) is 0.667. The average molecular weight is 831 g/mol. The van der Waals surface area contributed by atoms with Crippen molar-refractivity contribution in [3.63, 3.8) is 0 Å². The molecule has 0 bridgehead atoms. The average Bonchev–Trinajstić information content (AvgIpc) is 3.07. The second-order valence-electron chi connectivity index (χ2n) is 19.1. The molecule has 0 fully saturated rings. The summed E-state index contributed by atoms with van der Waals surface area (Å²) in [6, 6.07) is 8.75. The van der Waals surface area contributed by atoms with Gasteiger partial charge < -0.3 is 0 Å². The van der Waals surface area contributed by atoms with Gasteiger partial charge in [-0.3, -0.25) is 9.97 Å². The Hall–Kier alpha value is -3.54. The van der Waals surface area contributed by atoms with Gasteiger partial charge in [-0.1, -0.05) is 153 Å². The van der Waals surface area contributed by atoms with Crippen molar-refractivity contribution in [2.45, 2.75) is 192 Å². The molecule has 0 aliphatic carbocycles. The van der Waals surface area contributed by atoms with Gasteiger partial charge in [0.2, 0.25) is 0 Å². The van der Waals surface area contributed by atoms with E-state index in [-0.39, 0.29) is 29.7 Å². The van der Waals surface area contributed by atoms with Crippen LogP contribution >= 0.6 is 0 Å². The first-order valence-electron chi connectivity index (χ1n) is 21.8. The van der Waals surface area contributed by atoms with Crippen molar-refractivity contribution in [1.29, 1.82) is 0 Å². The Morgan fingerprint density at radius 3 is 0.683 bits per heavy atom. The molecule has 0 saturated heterocycles.